The van der Waals surface area contributed by atoms with Crippen molar-refractivity contribution in [2.45, 2.75) is 18.6 Å². The highest BCUT2D eigenvalue weighted by molar-refractivity contribution is 5.98. The van der Waals surface area contributed by atoms with E-state index in [0.29, 0.717) is 0 Å². The van der Waals surface area contributed by atoms with Gasteiger partial charge in [-0.2, -0.15) is 13.2 Å². The van der Waals surface area contributed by atoms with Crippen molar-refractivity contribution in [2.75, 3.05) is 0 Å². The molecule has 0 unspecified atom stereocenters. The highest BCUT2D eigenvalue weighted by atomic mass is 19.4. The lowest BCUT2D eigenvalue weighted by molar-refractivity contribution is -0.137. The maximum atomic E-state index is 12.9. The number of carbonyl (C=O) groups excluding carboxylic acids is 2. The number of primary amides is 1. The topological polar surface area (TPSA) is 85.1 Å². The molecule has 0 saturated heterocycles. The minimum absolute atomic E-state index is 0.0675. The molecular formula is C16H14F3N3O2. The van der Waals surface area contributed by atoms with Crippen molar-refractivity contribution in [1.82, 2.24) is 10.3 Å². The summed E-state index contributed by atoms with van der Waals surface area (Å²) in [6.07, 6.45) is -1.86. The first-order chi connectivity index (χ1) is 11.1. The molecule has 1 aromatic carbocycles. The molecule has 0 aliphatic carbocycles. The van der Waals surface area contributed by atoms with Crippen molar-refractivity contribution in [1.29, 1.82) is 0 Å². The number of nitrogens with two attached hydrogens (primary N) is 1. The molecule has 5 nitrogen and oxygen atoms in total. The number of alkyl halides is 3. The first-order valence-corrected chi connectivity index (χ1v) is 6.85. The zero-order valence-corrected chi connectivity index (χ0v) is 12.6. The third-order valence-electron chi connectivity index (χ3n) is 3.55. The molecule has 0 spiro atoms. The number of halogens is 3. The summed E-state index contributed by atoms with van der Waals surface area (Å²) in [5.41, 5.74) is 2.67. The van der Waals surface area contributed by atoms with Crippen LogP contribution in [0.2, 0.25) is 0 Å². The molecule has 0 saturated carbocycles. The third-order valence-corrected chi connectivity index (χ3v) is 3.55. The summed E-state index contributed by atoms with van der Waals surface area (Å²) in [6.45, 7) is 1.25. The SMILES string of the molecule is C[C@](NC(=O)c1cccnc1)(C(N)=O)c1cccc(C(F)(F)F)c1. The van der Waals surface area contributed by atoms with E-state index in [-0.39, 0.29) is 11.1 Å². The minimum atomic E-state index is -4.58. The highest BCUT2D eigenvalue weighted by Crippen LogP contribution is 2.32. The number of aromatic nitrogens is 1. The molecule has 1 heterocycles. The lowest BCUT2D eigenvalue weighted by Gasteiger charge is -2.28. The number of carbonyl (C=O) groups is 2. The van der Waals surface area contributed by atoms with E-state index in [4.69, 9.17) is 5.73 Å². The smallest absolute Gasteiger partial charge is 0.367 e. The van der Waals surface area contributed by atoms with Crippen LogP contribution in [0, 0.1) is 0 Å². The number of benzene rings is 1. The van der Waals surface area contributed by atoms with E-state index in [9.17, 15) is 22.8 Å². The standard InChI is InChI=1S/C16H14F3N3O2/c1-15(14(20)24,22-13(23)10-4-3-7-21-9-10)11-5-2-6-12(8-11)16(17,18)19/h2-9H,1H3,(H2,20,24)(H,22,23)/t15-/m1/s1. The van der Waals surface area contributed by atoms with Gasteiger partial charge in [-0.3, -0.25) is 14.6 Å². The van der Waals surface area contributed by atoms with Gasteiger partial charge >= 0.3 is 6.18 Å². The molecule has 126 valence electrons. The molecule has 2 aromatic rings. The Bertz CT molecular complexity index is 763. The second-order valence-electron chi connectivity index (χ2n) is 5.26. The van der Waals surface area contributed by atoms with Gasteiger partial charge in [0.1, 0.15) is 5.54 Å². The molecule has 0 aliphatic rings. The molecule has 1 atom stereocenters. The van der Waals surface area contributed by atoms with Crippen LogP contribution in [0.5, 0.6) is 0 Å². The maximum absolute atomic E-state index is 12.9. The molecule has 0 radical (unpaired) electrons. The van der Waals surface area contributed by atoms with Gasteiger partial charge in [-0.25, -0.2) is 0 Å². The average Bonchev–Trinajstić information content (AvgIpc) is 2.54. The first-order valence-electron chi connectivity index (χ1n) is 6.85. The molecule has 0 aliphatic heterocycles. The highest BCUT2D eigenvalue weighted by Gasteiger charge is 2.38. The fourth-order valence-corrected chi connectivity index (χ4v) is 2.08. The summed E-state index contributed by atoms with van der Waals surface area (Å²) in [6, 6.07) is 7.07. The Hall–Kier alpha value is -2.90. The predicted octanol–water partition coefficient (Wildman–Crippen LogP) is 2.23. The van der Waals surface area contributed by atoms with Gasteiger partial charge in [0.15, 0.2) is 0 Å². The molecule has 24 heavy (non-hydrogen) atoms. The molecule has 2 amide bonds. The van der Waals surface area contributed by atoms with Crippen LogP contribution in [0.25, 0.3) is 0 Å². The number of pyridine rings is 1. The van der Waals surface area contributed by atoms with E-state index in [1.807, 2.05) is 0 Å². The maximum Gasteiger partial charge on any atom is 0.416 e. The lowest BCUT2D eigenvalue weighted by atomic mass is 9.89. The third kappa shape index (κ3) is 3.53. The Labute approximate surface area is 135 Å². The van der Waals surface area contributed by atoms with Gasteiger partial charge in [0, 0.05) is 12.4 Å². The largest absolute Gasteiger partial charge is 0.416 e. The van der Waals surface area contributed by atoms with Crippen molar-refractivity contribution in [3.05, 3.63) is 65.5 Å². The normalized spacial score (nSPS) is 13.8. The Morgan fingerprint density at radius 2 is 1.79 bits per heavy atom. The fourth-order valence-electron chi connectivity index (χ4n) is 2.08. The zero-order chi connectivity index (χ0) is 18.0. The van der Waals surface area contributed by atoms with Crippen LogP contribution < -0.4 is 11.1 Å². The van der Waals surface area contributed by atoms with Crippen molar-refractivity contribution in [2.24, 2.45) is 5.73 Å². The van der Waals surface area contributed by atoms with Crippen LogP contribution in [0.15, 0.2) is 48.8 Å². The number of hydrogen-bond donors (Lipinski definition) is 2. The number of nitrogens with one attached hydrogen (secondary N) is 1. The summed E-state index contributed by atoms with van der Waals surface area (Å²) in [4.78, 5) is 27.9. The monoisotopic (exact) mass is 337 g/mol. The van der Waals surface area contributed by atoms with E-state index in [1.54, 1.807) is 0 Å². The Morgan fingerprint density at radius 1 is 1.12 bits per heavy atom. The Morgan fingerprint density at radius 3 is 2.33 bits per heavy atom. The molecule has 0 bridgehead atoms. The molecule has 8 heteroatoms. The molecule has 1 aromatic heterocycles. The van der Waals surface area contributed by atoms with E-state index in [2.05, 4.69) is 10.3 Å². The van der Waals surface area contributed by atoms with Gasteiger partial charge in [0.05, 0.1) is 11.1 Å². The predicted molar refractivity (Wildman–Crippen MR) is 79.7 cm³/mol. The van der Waals surface area contributed by atoms with Crippen LogP contribution >= 0.6 is 0 Å². The van der Waals surface area contributed by atoms with Gasteiger partial charge in [0.25, 0.3) is 5.91 Å². The van der Waals surface area contributed by atoms with Gasteiger partial charge in [-0.15, -0.1) is 0 Å². The lowest BCUT2D eigenvalue weighted by Crippen LogP contribution is -2.52. The molecular weight excluding hydrogens is 323 g/mol. The van der Waals surface area contributed by atoms with Crippen LogP contribution in [-0.4, -0.2) is 16.8 Å². The quantitative estimate of drug-likeness (QED) is 0.897. The van der Waals surface area contributed by atoms with Crippen LogP contribution in [0.3, 0.4) is 0 Å². The van der Waals surface area contributed by atoms with E-state index in [1.165, 1.54) is 37.5 Å². The van der Waals surface area contributed by atoms with E-state index in [0.717, 1.165) is 18.2 Å². The average molecular weight is 337 g/mol. The zero-order valence-electron chi connectivity index (χ0n) is 12.6. The number of hydrogen-bond acceptors (Lipinski definition) is 3. The summed E-state index contributed by atoms with van der Waals surface area (Å²) in [5, 5.41) is 2.38. The number of rotatable bonds is 4. The Kier molecular flexibility index (Phi) is 4.59. The fraction of sp³-hybridized carbons (Fsp3) is 0.188. The number of amides is 2. The van der Waals surface area contributed by atoms with E-state index < -0.39 is 29.1 Å². The van der Waals surface area contributed by atoms with Gasteiger partial charge in [-0.1, -0.05) is 12.1 Å². The molecule has 3 N–H and O–H groups in total. The second kappa shape index (κ2) is 6.31. The molecule has 0 fully saturated rings. The van der Waals surface area contributed by atoms with Gasteiger partial charge in [-0.05, 0) is 36.8 Å². The summed E-state index contributed by atoms with van der Waals surface area (Å²) in [7, 11) is 0. The summed E-state index contributed by atoms with van der Waals surface area (Å²) >= 11 is 0. The van der Waals surface area contributed by atoms with Crippen molar-refractivity contribution in [3.8, 4) is 0 Å². The van der Waals surface area contributed by atoms with Crippen molar-refractivity contribution < 1.29 is 22.8 Å². The second-order valence-corrected chi connectivity index (χ2v) is 5.26. The first kappa shape index (κ1) is 17.5. The van der Waals surface area contributed by atoms with Crippen LogP contribution in [-0.2, 0) is 16.5 Å². The Balaban J connectivity index is 2.41. The van der Waals surface area contributed by atoms with Gasteiger partial charge < -0.3 is 11.1 Å². The summed E-state index contributed by atoms with van der Waals surface area (Å²) in [5.74, 6) is -1.67. The minimum Gasteiger partial charge on any atom is -0.367 e. The van der Waals surface area contributed by atoms with Crippen molar-refractivity contribution in [3.63, 3.8) is 0 Å². The summed E-state index contributed by atoms with van der Waals surface area (Å²) < 4.78 is 38.6. The van der Waals surface area contributed by atoms with Gasteiger partial charge in [0.2, 0.25) is 5.91 Å². The van der Waals surface area contributed by atoms with E-state index >= 15 is 0 Å². The van der Waals surface area contributed by atoms with Crippen LogP contribution in [0.4, 0.5) is 13.2 Å². The number of nitrogens with zero attached hydrogens (tertiary/aromatic N) is 1. The van der Waals surface area contributed by atoms with Crippen molar-refractivity contribution >= 4 is 11.8 Å². The molecule has 2 rings (SSSR count). The van der Waals surface area contributed by atoms with Crippen LogP contribution in [0.1, 0.15) is 28.4 Å².